The molecule has 1 aromatic heterocycles. The lowest BCUT2D eigenvalue weighted by molar-refractivity contribution is -0.141. The number of benzene rings is 1. The van der Waals surface area contributed by atoms with Crippen molar-refractivity contribution in [1.82, 2.24) is 10.1 Å². The first-order valence-electron chi connectivity index (χ1n) is 6.21. The summed E-state index contributed by atoms with van der Waals surface area (Å²) in [6.45, 7) is 1.77. The number of esters is 1. The number of carbonyl (C=O) groups excluding carboxylic acids is 1. The number of halogens is 1. The van der Waals surface area contributed by atoms with Gasteiger partial charge >= 0.3 is 5.97 Å². The third-order valence-electron chi connectivity index (χ3n) is 2.84. The topological polar surface area (TPSA) is 74.5 Å². The predicted octanol–water partition coefficient (Wildman–Crippen LogP) is 2.55. The van der Waals surface area contributed by atoms with Crippen LogP contribution in [0.1, 0.15) is 17.3 Å². The number of aryl methyl sites for hydroxylation is 1. The molecule has 0 fully saturated rings. The van der Waals surface area contributed by atoms with Gasteiger partial charge in [-0.2, -0.15) is 4.98 Å². The van der Waals surface area contributed by atoms with Crippen molar-refractivity contribution in [3.63, 3.8) is 0 Å². The van der Waals surface area contributed by atoms with Gasteiger partial charge in [-0.3, -0.25) is 0 Å². The van der Waals surface area contributed by atoms with Crippen molar-refractivity contribution >= 4 is 23.6 Å². The van der Waals surface area contributed by atoms with Crippen molar-refractivity contribution in [3.8, 4) is 5.75 Å². The van der Waals surface area contributed by atoms with Gasteiger partial charge in [-0.1, -0.05) is 16.8 Å². The first kappa shape index (κ1) is 13.6. The van der Waals surface area contributed by atoms with Gasteiger partial charge in [0.25, 0.3) is 5.89 Å². The minimum atomic E-state index is -0.489. The van der Waals surface area contributed by atoms with E-state index in [1.54, 1.807) is 31.2 Å². The van der Waals surface area contributed by atoms with Gasteiger partial charge in [0.15, 0.2) is 12.4 Å². The third-order valence-corrected chi connectivity index (χ3v) is 3.08. The number of hydrogen-bond acceptors (Lipinski definition) is 6. The maximum atomic E-state index is 12.0. The van der Waals surface area contributed by atoms with Crippen LogP contribution >= 0.6 is 11.6 Å². The Labute approximate surface area is 125 Å². The van der Waals surface area contributed by atoms with Crippen LogP contribution in [0.5, 0.6) is 5.75 Å². The SMILES string of the molecule is Cc1noc(COC(=O)C2=Cc3cc(Cl)ccc3OC2)n1. The van der Waals surface area contributed by atoms with Gasteiger partial charge in [0.2, 0.25) is 0 Å². The fourth-order valence-corrected chi connectivity index (χ4v) is 2.07. The van der Waals surface area contributed by atoms with Crippen LogP contribution in [0.25, 0.3) is 6.08 Å². The van der Waals surface area contributed by atoms with E-state index < -0.39 is 5.97 Å². The molecule has 6 nitrogen and oxygen atoms in total. The molecule has 2 aromatic rings. The molecule has 0 saturated heterocycles. The lowest BCUT2D eigenvalue weighted by atomic mass is 10.1. The zero-order chi connectivity index (χ0) is 14.8. The Morgan fingerprint density at radius 2 is 2.33 bits per heavy atom. The van der Waals surface area contributed by atoms with E-state index in [1.165, 1.54) is 0 Å². The average molecular weight is 307 g/mol. The Morgan fingerprint density at radius 3 is 3.10 bits per heavy atom. The van der Waals surface area contributed by atoms with E-state index in [-0.39, 0.29) is 19.1 Å². The molecule has 0 amide bonds. The summed E-state index contributed by atoms with van der Waals surface area (Å²) in [5.74, 6) is 0.936. The predicted molar refractivity (Wildman–Crippen MR) is 73.8 cm³/mol. The highest BCUT2D eigenvalue weighted by atomic mass is 35.5. The van der Waals surface area contributed by atoms with E-state index >= 15 is 0 Å². The summed E-state index contributed by atoms with van der Waals surface area (Å²) in [5, 5.41) is 4.19. The smallest absolute Gasteiger partial charge is 0.338 e. The number of rotatable bonds is 3. The van der Waals surface area contributed by atoms with Crippen LogP contribution in [-0.4, -0.2) is 22.7 Å². The van der Waals surface area contributed by atoms with Gasteiger partial charge in [0.1, 0.15) is 12.4 Å². The van der Waals surface area contributed by atoms with Crippen molar-refractivity contribution < 1.29 is 18.8 Å². The van der Waals surface area contributed by atoms with Crippen LogP contribution in [0.3, 0.4) is 0 Å². The minimum Gasteiger partial charge on any atom is -0.488 e. The highest BCUT2D eigenvalue weighted by Gasteiger charge is 2.19. The first-order valence-corrected chi connectivity index (χ1v) is 6.59. The molecule has 2 heterocycles. The molecule has 0 spiro atoms. The van der Waals surface area contributed by atoms with E-state index in [0.717, 1.165) is 5.56 Å². The van der Waals surface area contributed by atoms with Crippen LogP contribution in [-0.2, 0) is 16.1 Å². The summed E-state index contributed by atoms with van der Waals surface area (Å²) >= 11 is 5.92. The van der Waals surface area contributed by atoms with Crippen molar-refractivity contribution in [3.05, 3.63) is 46.1 Å². The molecule has 0 radical (unpaired) electrons. The van der Waals surface area contributed by atoms with Gasteiger partial charge < -0.3 is 14.0 Å². The van der Waals surface area contributed by atoms with Gasteiger partial charge in [0.05, 0.1) is 5.57 Å². The van der Waals surface area contributed by atoms with Gasteiger partial charge in [-0.25, -0.2) is 4.79 Å². The normalized spacial score (nSPS) is 13.1. The molecule has 0 unspecified atom stereocenters. The highest BCUT2D eigenvalue weighted by molar-refractivity contribution is 6.30. The summed E-state index contributed by atoms with van der Waals surface area (Å²) in [6, 6.07) is 5.22. The molecule has 7 heteroatoms. The molecular formula is C14H11ClN2O4. The molecule has 3 rings (SSSR count). The monoisotopic (exact) mass is 306 g/mol. The molecule has 108 valence electrons. The molecule has 0 aliphatic carbocycles. The molecule has 0 N–H and O–H groups in total. The van der Waals surface area contributed by atoms with E-state index in [0.29, 0.717) is 22.2 Å². The molecule has 1 aromatic carbocycles. The van der Waals surface area contributed by atoms with Gasteiger partial charge in [-0.15, -0.1) is 0 Å². The molecule has 0 saturated carbocycles. The molecule has 21 heavy (non-hydrogen) atoms. The Bertz CT molecular complexity index is 724. The van der Waals surface area contributed by atoms with E-state index in [9.17, 15) is 4.79 Å². The van der Waals surface area contributed by atoms with Crippen molar-refractivity contribution in [1.29, 1.82) is 0 Å². The van der Waals surface area contributed by atoms with Crippen LogP contribution in [0.2, 0.25) is 5.02 Å². The fraction of sp³-hybridized carbons (Fsp3) is 0.214. The fourth-order valence-electron chi connectivity index (χ4n) is 1.88. The lowest BCUT2D eigenvalue weighted by Gasteiger charge is -2.17. The second kappa shape index (κ2) is 5.57. The summed E-state index contributed by atoms with van der Waals surface area (Å²) in [5.41, 5.74) is 1.15. The molecule has 0 atom stereocenters. The van der Waals surface area contributed by atoms with E-state index in [2.05, 4.69) is 10.1 Å². The zero-order valence-electron chi connectivity index (χ0n) is 11.1. The van der Waals surface area contributed by atoms with Crippen LogP contribution in [0.4, 0.5) is 0 Å². The van der Waals surface area contributed by atoms with Crippen LogP contribution < -0.4 is 4.74 Å². The Hall–Kier alpha value is -2.34. The summed E-state index contributed by atoms with van der Waals surface area (Å²) < 4.78 is 15.5. The van der Waals surface area contributed by atoms with Crippen LogP contribution in [0.15, 0.2) is 28.3 Å². The third kappa shape index (κ3) is 3.05. The number of fused-ring (bicyclic) bond motifs is 1. The summed E-state index contributed by atoms with van der Waals surface area (Å²) in [7, 11) is 0. The number of hydrogen-bond donors (Lipinski definition) is 0. The van der Waals surface area contributed by atoms with E-state index in [1.807, 2.05) is 0 Å². The molecule has 1 aliphatic heterocycles. The van der Waals surface area contributed by atoms with Crippen molar-refractivity contribution in [2.45, 2.75) is 13.5 Å². The Balaban J connectivity index is 1.70. The van der Waals surface area contributed by atoms with Gasteiger partial charge in [-0.05, 0) is 31.2 Å². The summed E-state index contributed by atoms with van der Waals surface area (Å²) in [4.78, 5) is 15.9. The maximum absolute atomic E-state index is 12.0. The quantitative estimate of drug-likeness (QED) is 0.811. The molecule has 1 aliphatic rings. The maximum Gasteiger partial charge on any atom is 0.338 e. The standard InChI is InChI=1S/C14H11ClN2O4/c1-8-16-13(21-17-8)7-20-14(18)10-4-9-5-11(15)2-3-12(9)19-6-10/h2-5H,6-7H2,1H3. The average Bonchev–Trinajstić information content (AvgIpc) is 2.89. The Morgan fingerprint density at radius 1 is 1.48 bits per heavy atom. The highest BCUT2D eigenvalue weighted by Crippen LogP contribution is 2.29. The molecular weight excluding hydrogens is 296 g/mol. The van der Waals surface area contributed by atoms with Gasteiger partial charge in [0, 0.05) is 10.6 Å². The minimum absolute atomic E-state index is 0.0700. The van der Waals surface area contributed by atoms with Crippen LogP contribution in [0, 0.1) is 6.92 Å². The number of aromatic nitrogens is 2. The molecule has 0 bridgehead atoms. The first-order chi connectivity index (χ1) is 10.1. The van der Waals surface area contributed by atoms with Crippen molar-refractivity contribution in [2.75, 3.05) is 6.61 Å². The number of nitrogens with zero attached hydrogens (tertiary/aromatic N) is 2. The number of ether oxygens (including phenoxy) is 2. The van der Waals surface area contributed by atoms with E-state index in [4.69, 9.17) is 25.6 Å². The summed E-state index contributed by atoms with van der Waals surface area (Å²) in [6.07, 6.45) is 1.70. The zero-order valence-corrected chi connectivity index (χ0v) is 11.9. The Kier molecular flexibility index (Phi) is 3.62. The second-order valence-electron chi connectivity index (χ2n) is 4.45. The number of carbonyl (C=O) groups is 1. The lowest BCUT2D eigenvalue weighted by Crippen LogP contribution is -2.17. The largest absolute Gasteiger partial charge is 0.488 e. The second-order valence-corrected chi connectivity index (χ2v) is 4.89. The van der Waals surface area contributed by atoms with Crippen molar-refractivity contribution in [2.24, 2.45) is 0 Å².